The average molecular weight is 318 g/mol. The van der Waals surface area contributed by atoms with Gasteiger partial charge < -0.3 is 15.4 Å². The lowest BCUT2D eigenvalue weighted by atomic mass is 9.95. The first kappa shape index (κ1) is 14.9. The molecule has 0 radical (unpaired) electrons. The van der Waals surface area contributed by atoms with Crippen molar-refractivity contribution in [1.29, 1.82) is 0 Å². The second kappa shape index (κ2) is 6.85. The Morgan fingerprint density at radius 3 is 2.95 bits per heavy atom. The number of aromatic nitrogens is 2. The number of pyridine rings is 1. The van der Waals surface area contributed by atoms with Crippen LogP contribution in [0.4, 0.5) is 5.13 Å². The second-order valence-electron chi connectivity index (χ2n) is 5.22. The lowest BCUT2D eigenvalue weighted by molar-refractivity contribution is 0.0921. The zero-order valence-electron chi connectivity index (χ0n) is 12.3. The van der Waals surface area contributed by atoms with E-state index in [2.05, 4.69) is 20.6 Å². The summed E-state index contributed by atoms with van der Waals surface area (Å²) in [7, 11) is 1.79. The highest BCUT2D eigenvalue weighted by molar-refractivity contribution is 7.13. The van der Waals surface area contributed by atoms with Gasteiger partial charge in [-0.15, -0.1) is 11.3 Å². The number of thiazole rings is 1. The van der Waals surface area contributed by atoms with E-state index in [0.29, 0.717) is 18.9 Å². The Hall–Kier alpha value is -1.99. The standard InChI is InChI=1S/C15H18N4O2S/c1-16-15-19-13(9-22-15)14(20)18-12-8-21-7-11(12)6-10-2-4-17-5-3-10/h2-5,9,11-12H,6-8H2,1H3,(H,16,19)(H,18,20)/t11-,12+/m1/s1. The number of hydrogen-bond donors (Lipinski definition) is 2. The Labute approximate surface area is 132 Å². The van der Waals surface area contributed by atoms with E-state index < -0.39 is 0 Å². The molecule has 2 aromatic rings. The number of hydrogen-bond acceptors (Lipinski definition) is 6. The molecule has 0 unspecified atom stereocenters. The Morgan fingerprint density at radius 2 is 2.23 bits per heavy atom. The van der Waals surface area contributed by atoms with Crippen molar-refractivity contribution < 1.29 is 9.53 Å². The topological polar surface area (TPSA) is 76.1 Å². The van der Waals surface area contributed by atoms with Gasteiger partial charge in [-0.05, 0) is 24.1 Å². The highest BCUT2D eigenvalue weighted by atomic mass is 32.1. The predicted octanol–water partition coefficient (Wildman–Crippen LogP) is 1.57. The molecule has 2 atom stereocenters. The maximum Gasteiger partial charge on any atom is 0.271 e. The molecule has 0 aromatic carbocycles. The normalized spacial score (nSPS) is 20.8. The van der Waals surface area contributed by atoms with Crippen LogP contribution in [-0.2, 0) is 11.2 Å². The van der Waals surface area contributed by atoms with Crippen molar-refractivity contribution in [3.05, 3.63) is 41.2 Å². The second-order valence-corrected chi connectivity index (χ2v) is 6.08. The van der Waals surface area contributed by atoms with E-state index >= 15 is 0 Å². The zero-order valence-corrected chi connectivity index (χ0v) is 13.1. The quantitative estimate of drug-likeness (QED) is 0.875. The van der Waals surface area contributed by atoms with Crippen LogP contribution >= 0.6 is 11.3 Å². The SMILES string of the molecule is CNc1nc(C(=O)N[C@H]2COC[C@H]2Cc2ccncc2)cs1. The molecule has 0 spiro atoms. The number of ether oxygens (including phenoxy) is 1. The highest BCUT2D eigenvalue weighted by Gasteiger charge is 2.30. The molecule has 7 heteroatoms. The number of rotatable bonds is 5. The third-order valence-electron chi connectivity index (χ3n) is 3.71. The lowest BCUT2D eigenvalue weighted by Crippen LogP contribution is -2.40. The fourth-order valence-corrected chi connectivity index (χ4v) is 3.17. The van der Waals surface area contributed by atoms with Crippen LogP contribution in [0.3, 0.4) is 0 Å². The molecule has 1 saturated heterocycles. The van der Waals surface area contributed by atoms with Crippen LogP contribution in [-0.4, -0.2) is 42.2 Å². The van der Waals surface area contributed by atoms with E-state index in [1.807, 2.05) is 12.1 Å². The highest BCUT2D eigenvalue weighted by Crippen LogP contribution is 2.20. The Bertz CT molecular complexity index is 631. The van der Waals surface area contributed by atoms with Crippen molar-refractivity contribution in [2.45, 2.75) is 12.5 Å². The number of nitrogens with one attached hydrogen (secondary N) is 2. The first-order chi connectivity index (χ1) is 10.8. The van der Waals surface area contributed by atoms with Gasteiger partial charge in [0.2, 0.25) is 0 Å². The minimum atomic E-state index is -0.145. The number of amides is 1. The van der Waals surface area contributed by atoms with Gasteiger partial charge in [-0.3, -0.25) is 9.78 Å². The lowest BCUT2D eigenvalue weighted by Gasteiger charge is -2.18. The first-order valence-electron chi connectivity index (χ1n) is 7.17. The van der Waals surface area contributed by atoms with Crippen molar-refractivity contribution in [2.24, 2.45) is 5.92 Å². The molecular weight excluding hydrogens is 300 g/mol. The minimum absolute atomic E-state index is 0.0143. The summed E-state index contributed by atoms with van der Waals surface area (Å²) in [5.41, 5.74) is 1.65. The van der Waals surface area contributed by atoms with E-state index in [0.717, 1.165) is 11.6 Å². The molecule has 1 aliphatic rings. The summed E-state index contributed by atoms with van der Waals surface area (Å²) in [6.07, 6.45) is 4.44. The zero-order chi connectivity index (χ0) is 15.4. The van der Waals surface area contributed by atoms with Gasteiger partial charge in [0, 0.05) is 30.7 Å². The Morgan fingerprint density at radius 1 is 1.41 bits per heavy atom. The van der Waals surface area contributed by atoms with E-state index in [-0.39, 0.29) is 17.9 Å². The number of nitrogens with zero attached hydrogens (tertiary/aromatic N) is 2. The molecular formula is C15H18N4O2S. The molecule has 2 N–H and O–H groups in total. The Balaban J connectivity index is 1.62. The van der Waals surface area contributed by atoms with Gasteiger partial charge in [-0.1, -0.05) is 0 Å². The molecule has 1 amide bonds. The van der Waals surface area contributed by atoms with Gasteiger partial charge in [0.15, 0.2) is 5.13 Å². The van der Waals surface area contributed by atoms with Crippen molar-refractivity contribution in [2.75, 3.05) is 25.6 Å². The summed E-state index contributed by atoms with van der Waals surface area (Å²) in [5.74, 6) is 0.127. The minimum Gasteiger partial charge on any atom is -0.379 e. The summed E-state index contributed by atoms with van der Waals surface area (Å²) >= 11 is 1.42. The van der Waals surface area contributed by atoms with Gasteiger partial charge in [-0.25, -0.2) is 4.98 Å². The van der Waals surface area contributed by atoms with Crippen molar-refractivity contribution in [3.63, 3.8) is 0 Å². The third-order valence-corrected chi connectivity index (χ3v) is 4.57. The molecule has 6 nitrogen and oxygen atoms in total. The summed E-state index contributed by atoms with van der Waals surface area (Å²) in [6.45, 7) is 1.20. The number of carbonyl (C=O) groups is 1. The summed E-state index contributed by atoms with van der Waals surface area (Å²) < 4.78 is 5.54. The first-order valence-corrected chi connectivity index (χ1v) is 8.05. The predicted molar refractivity (Wildman–Crippen MR) is 85.2 cm³/mol. The fourth-order valence-electron chi connectivity index (χ4n) is 2.52. The monoisotopic (exact) mass is 318 g/mol. The molecule has 0 bridgehead atoms. The van der Waals surface area contributed by atoms with Crippen LogP contribution in [0.2, 0.25) is 0 Å². The third kappa shape index (κ3) is 3.42. The molecule has 22 heavy (non-hydrogen) atoms. The van der Waals surface area contributed by atoms with E-state index in [1.165, 1.54) is 16.9 Å². The number of anilines is 1. The van der Waals surface area contributed by atoms with Crippen LogP contribution in [0.15, 0.2) is 29.9 Å². The van der Waals surface area contributed by atoms with Crippen molar-refractivity contribution in [1.82, 2.24) is 15.3 Å². The molecule has 1 aliphatic heterocycles. The van der Waals surface area contributed by atoms with Crippen molar-refractivity contribution in [3.8, 4) is 0 Å². The molecule has 1 fully saturated rings. The molecule has 0 aliphatic carbocycles. The van der Waals surface area contributed by atoms with Gasteiger partial charge in [0.1, 0.15) is 5.69 Å². The summed E-state index contributed by atoms with van der Waals surface area (Å²) in [6, 6.07) is 4.01. The van der Waals surface area contributed by atoms with Crippen LogP contribution < -0.4 is 10.6 Å². The van der Waals surface area contributed by atoms with Crippen LogP contribution in [0.1, 0.15) is 16.1 Å². The average Bonchev–Trinajstić information content (AvgIpc) is 3.18. The summed E-state index contributed by atoms with van der Waals surface area (Å²) in [5, 5.41) is 8.47. The molecule has 3 heterocycles. The fraction of sp³-hybridized carbons (Fsp3) is 0.400. The number of carbonyl (C=O) groups excluding carboxylic acids is 1. The summed E-state index contributed by atoms with van der Waals surface area (Å²) in [4.78, 5) is 20.5. The Kier molecular flexibility index (Phi) is 4.65. The van der Waals surface area contributed by atoms with Crippen molar-refractivity contribution >= 4 is 22.4 Å². The van der Waals surface area contributed by atoms with Crippen LogP contribution in [0, 0.1) is 5.92 Å². The van der Waals surface area contributed by atoms with E-state index in [4.69, 9.17) is 4.74 Å². The van der Waals surface area contributed by atoms with Gasteiger partial charge in [-0.2, -0.15) is 0 Å². The van der Waals surface area contributed by atoms with Crippen LogP contribution in [0.5, 0.6) is 0 Å². The smallest absolute Gasteiger partial charge is 0.271 e. The van der Waals surface area contributed by atoms with Gasteiger partial charge >= 0.3 is 0 Å². The molecule has 116 valence electrons. The van der Waals surface area contributed by atoms with Gasteiger partial charge in [0.05, 0.1) is 19.3 Å². The molecule has 2 aromatic heterocycles. The maximum atomic E-state index is 12.3. The largest absolute Gasteiger partial charge is 0.379 e. The molecule has 0 saturated carbocycles. The van der Waals surface area contributed by atoms with E-state index in [1.54, 1.807) is 24.8 Å². The maximum absolute atomic E-state index is 12.3. The van der Waals surface area contributed by atoms with Gasteiger partial charge in [0.25, 0.3) is 5.91 Å². The molecule has 3 rings (SSSR count). The van der Waals surface area contributed by atoms with E-state index in [9.17, 15) is 4.79 Å². The van der Waals surface area contributed by atoms with Crippen LogP contribution in [0.25, 0.3) is 0 Å².